The second-order valence-corrected chi connectivity index (χ2v) is 8.47. The summed E-state index contributed by atoms with van der Waals surface area (Å²) < 4.78 is 12.1. The van der Waals surface area contributed by atoms with Crippen molar-refractivity contribution in [3.63, 3.8) is 0 Å². The van der Waals surface area contributed by atoms with Gasteiger partial charge in [-0.05, 0) is 63.5 Å². The van der Waals surface area contributed by atoms with Crippen LogP contribution in [0.4, 0.5) is 0 Å². The van der Waals surface area contributed by atoms with Gasteiger partial charge in [-0.1, -0.05) is 62.9 Å². The van der Waals surface area contributed by atoms with Gasteiger partial charge >= 0.3 is 0 Å². The topological polar surface area (TPSA) is 76.7 Å². The van der Waals surface area contributed by atoms with Crippen LogP contribution in [-0.2, 0) is 4.79 Å². The molecule has 0 radical (unpaired) electrons. The third-order valence-electron chi connectivity index (χ3n) is 5.14. The van der Waals surface area contributed by atoms with E-state index in [1.165, 1.54) is 19.3 Å². The molecule has 2 N–H and O–H groups in total. The Morgan fingerprint density at radius 1 is 0.848 bits per heavy atom. The van der Waals surface area contributed by atoms with Gasteiger partial charge < -0.3 is 9.47 Å². The van der Waals surface area contributed by atoms with Crippen molar-refractivity contribution in [2.24, 2.45) is 0 Å². The molecule has 3 rings (SSSR count). The molecule has 0 heterocycles. The predicted molar refractivity (Wildman–Crippen MR) is 133 cm³/mol. The van der Waals surface area contributed by atoms with Gasteiger partial charge in [0.2, 0.25) is 0 Å². The number of benzene rings is 3. The van der Waals surface area contributed by atoms with Crippen molar-refractivity contribution in [1.82, 2.24) is 10.9 Å². The van der Waals surface area contributed by atoms with E-state index in [1.807, 2.05) is 30.3 Å². The minimum absolute atomic E-state index is 0.234. The fourth-order valence-electron chi connectivity index (χ4n) is 3.30. The van der Waals surface area contributed by atoms with Crippen LogP contribution in [0, 0.1) is 0 Å². The number of hydrogen-bond acceptors (Lipinski definition) is 4. The maximum atomic E-state index is 12.3. The minimum Gasteiger partial charge on any atom is -0.494 e. The Balaban J connectivity index is 1.40. The van der Waals surface area contributed by atoms with Crippen molar-refractivity contribution in [3.05, 3.63) is 70.7 Å². The van der Waals surface area contributed by atoms with Crippen molar-refractivity contribution >= 4 is 38.5 Å². The van der Waals surface area contributed by atoms with E-state index in [1.54, 1.807) is 30.3 Å². The van der Waals surface area contributed by atoms with E-state index in [9.17, 15) is 9.59 Å². The van der Waals surface area contributed by atoms with Gasteiger partial charge in [-0.15, -0.1) is 0 Å². The van der Waals surface area contributed by atoms with Gasteiger partial charge in [-0.25, -0.2) is 0 Å². The Bertz CT molecular complexity index is 1070. The highest BCUT2D eigenvalue weighted by atomic mass is 79.9. The second-order valence-electron chi connectivity index (χ2n) is 7.68. The monoisotopic (exact) mass is 512 g/mol. The molecule has 0 saturated carbocycles. The van der Waals surface area contributed by atoms with E-state index in [-0.39, 0.29) is 6.61 Å². The first-order chi connectivity index (χ1) is 16.1. The summed E-state index contributed by atoms with van der Waals surface area (Å²) in [6.07, 6.45) is 5.89. The summed E-state index contributed by atoms with van der Waals surface area (Å²) in [5.74, 6) is 0.393. The average molecular weight is 513 g/mol. The van der Waals surface area contributed by atoms with Crippen molar-refractivity contribution in [1.29, 1.82) is 0 Å². The van der Waals surface area contributed by atoms with Gasteiger partial charge in [0.15, 0.2) is 6.61 Å². The average Bonchev–Trinajstić information content (AvgIpc) is 2.85. The quantitative estimate of drug-likeness (QED) is 0.251. The highest BCUT2D eigenvalue weighted by Gasteiger charge is 2.11. The van der Waals surface area contributed by atoms with Gasteiger partial charge in [0.1, 0.15) is 11.5 Å². The fourth-order valence-corrected chi connectivity index (χ4v) is 3.91. The van der Waals surface area contributed by atoms with Crippen LogP contribution in [-0.4, -0.2) is 25.0 Å². The third-order valence-corrected chi connectivity index (χ3v) is 5.95. The molecule has 33 heavy (non-hydrogen) atoms. The highest BCUT2D eigenvalue weighted by Crippen LogP contribution is 2.32. The van der Waals surface area contributed by atoms with Crippen LogP contribution in [0.2, 0.25) is 0 Å². The molecule has 3 aromatic rings. The van der Waals surface area contributed by atoms with Crippen LogP contribution in [0.5, 0.6) is 11.5 Å². The van der Waals surface area contributed by atoms with E-state index < -0.39 is 11.8 Å². The number of amides is 2. The summed E-state index contributed by atoms with van der Waals surface area (Å²) in [4.78, 5) is 24.4. The lowest BCUT2D eigenvalue weighted by Crippen LogP contribution is -2.43. The molecule has 0 fully saturated rings. The number of rotatable bonds is 11. The lowest BCUT2D eigenvalue weighted by Gasteiger charge is -2.11. The Kier molecular flexibility index (Phi) is 9.57. The summed E-state index contributed by atoms with van der Waals surface area (Å²) in [7, 11) is 0. The first kappa shape index (κ1) is 24.6. The Morgan fingerprint density at radius 3 is 2.39 bits per heavy atom. The maximum Gasteiger partial charge on any atom is 0.276 e. The van der Waals surface area contributed by atoms with Crippen LogP contribution in [0.25, 0.3) is 10.8 Å². The van der Waals surface area contributed by atoms with E-state index in [4.69, 9.17) is 9.47 Å². The SMILES string of the molecule is CCCCCCCOc1ccc(C(=O)NNC(=O)COc2ccc3ccccc3c2Br)cc1. The molecular formula is C26H29BrN2O4. The number of ether oxygens (including phenoxy) is 2. The molecule has 0 aliphatic heterocycles. The highest BCUT2D eigenvalue weighted by molar-refractivity contribution is 9.10. The molecule has 0 unspecified atom stereocenters. The molecule has 6 nitrogen and oxygen atoms in total. The fraction of sp³-hybridized carbons (Fsp3) is 0.308. The zero-order valence-corrected chi connectivity index (χ0v) is 20.3. The van der Waals surface area contributed by atoms with Crippen LogP contribution in [0.3, 0.4) is 0 Å². The lowest BCUT2D eigenvalue weighted by molar-refractivity contribution is -0.123. The maximum absolute atomic E-state index is 12.3. The Labute approximate surface area is 202 Å². The summed E-state index contributed by atoms with van der Waals surface area (Å²) in [5, 5.41) is 2.06. The molecule has 0 atom stereocenters. The molecule has 0 saturated heterocycles. The number of unbranched alkanes of at least 4 members (excludes halogenated alkanes) is 4. The molecule has 3 aromatic carbocycles. The van der Waals surface area contributed by atoms with E-state index >= 15 is 0 Å². The third kappa shape index (κ3) is 7.49. The summed E-state index contributed by atoms with van der Waals surface area (Å²) in [6.45, 7) is 2.62. The van der Waals surface area contributed by atoms with E-state index in [0.717, 1.165) is 33.8 Å². The van der Waals surface area contributed by atoms with E-state index in [0.29, 0.717) is 17.9 Å². The molecule has 0 aliphatic carbocycles. The zero-order valence-electron chi connectivity index (χ0n) is 18.7. The second kappa shape index (κ2) is 12.8. The number of fused-ring (bicyclic) bond motifs is 1. The number of hydrogen-bond donors (Lipinski definition) is 2. The van der Waals surface area contributed by atoms with Gasteiger partial charge in [0.25, 0.3) is 11.8 Å². The van der Waals surface area contributed by atoms with Crippen LogP contribution in [0.15, 0.2) is 65.1 Å². The molecule has 174 valence electrons. The van der Waals surface area contributed by atoms with Crippen molar-refractivity contribution in [3.8, 4) is 11.5 Å². The molecule has 0 aliphatic rings. The standard InChI is InChI=1S/C26H29BrN2O4/c1-2-3-4-5-8-17-32-21-14-11-20(12-15-21)26(31)29-28-24(30)18-33-23-16-13-19-9-6-7-10-22(19)25(23)27/h6-7,9-16H,2-5,8,17-18H2,1H3,(H,28,30)(H,29,31). The first-order valence-corrected chi connectivity index (χ1v) is 12.0. The molecule has 7 heteroatoms. The number of hydrazine groups is 1. The largest absolute Gasteiger partial charge is 0.494 e. The first-order valence-electron chi connectivity index (χ1n) is 11.2. The smallest absolute Gasteiger partial charge is 0.276 e. The minimum atomic E-state index is -0.466. The Morgan fingerprint density at radius 2 is 1.61 bits per heavy atom. The summed E-state index contributed by atoms with van der Waals surface area (Å²) >= 11 is 3.52. The lowest BCUT2D eigenvalue weighted by atomic mass is 10.1. The van der Waals surface area contributed by atoms with Gasteiger partial charge in [-0.3, -0.25) is 20.4 Å². The van der Waals surface area contributed by atoms with Crippen molar-refractivity contribution in [2.75, 3.05) is 13.2 Å². The molecular weight excluding hydrogens is 484 g/mol. The van der Waals surface area contributed by atoms with E-state index in [2.05, 4.69) is 33.7 Å². The number of carbonyl (C=O) groups is 2. The normalized spacial score (nSPS) is 10.6. The van der Waals surface area contributed by atoms with Gasteiger partial charge in [0.05, 0.1) is 11.1 Å². The molecule has 0 spiro atoms. The Hall–Kier alpha value is -3.06. The van der Waals surface area contributed by atoms with Crippen LogP contribution >= 0.6 is 15.9 Å². The predicted octanol–water partition coefficient (Wildman–Crippen LogP) is 5.79. The number of halogens is 1. The van der Waals surface area contributed by atoms with Crippen LogP contribution in [0.1, 0.15) is 49.4 Å². The number of carbonyl (C=O) groups excluding carboxylic acids is 2. The zero-order chi connectivity index (χ0) is 23.5. The van der Waals surface area contributed by atoms with Crippen molar-refractivity contribution < 1.29 is 19.1 Å². The van der Waals surface area contributed by atoms with Crippen molar-refractivity contribution in [2.45, 2.75) is 39.0 Å². The van der Waals surface area contributed by atoms with Crippen LogP contribution < -0.4 is 20.3 Å². The van der Waals surface area contributed by atoms with Gasteiger partial charge in [0, 0.05) is 5.56 Å². The summed E-state index contributed by atoms with van der Waals surface area (Å²) in [6, 6.07) is 18.4. The number of nitrogens with one attached hydrogen (secondary N) is 2. The molecule has 2 amide bonds. The molecule has 0 aromatic heterocycles. The summed E-state index contributed by atoms with van der Waals surface area (Å²) in [5.41, 5.74) is 5.19. The molecule has 0 bridgehead atoms. The van der Waals surface area contributed by atoms with Gasteiger partial charge in [-0.2, -0.15) is 0 Å².